The molecule has 0 heterocycles. The summed E-state index contributed by atoms with van der Waals surface area (Å²) in [6, 6.07) is 0. The van der Waals surface area contributed by atoms with Gasteiger partial charge in [0.15, 0.2) is 0 Å². The molecule has 0 saturated heterocycles. The van der Waals surface area contributed by atoms with E-state index >= 15 is 0 Å². The fraction of sp³-hybridized carbons (Fsp3) is 0. The van der Waals surface area contributed by atoms with Crippen LogP contribution in [0, 0.1) is 0 Å². The zero-order valence-electron chi connectivity index (χ0n) is 3.14. The molecule has 0 aliphatic heterocycles. The van der Waals surface area contributed by atoms with Gasteiger partial charge in [0.2, 0.25) is 0 Å². The normalized spacial score (nSPS) is 8.57. The summed E-state index contributed by atoms with van der Waals surface area (Å²) in [5, 5.41) is 0. The molecule has 0 atom stereocenters. The van der Waals surface area contributed by atoms with E-state index in [4.69, 9.17) is 14.8 Å². The molecule has 0 aromatic heterocycles. The molecule has 7 heavy (non-hydrogen) atoms. The summed E-state index contributed by atoms with van der Waals surface area (Å²) in [6.45, 7) is 0. The predicted molar refractivity (Wildman–Crippen MR) is 0 cm³/mol. The third-order valence-electron chi connectivity index (χ3n) is 0. The van der Waals surface area contributed by atoms with Crippen LogP contribution in [0.4, 0.5) is 0 Å². The Balaban J connectivity index is -0.0000000800. The average molecular weight is 288 g/mol. The van der Waals surface area contributed by atoms with Gasteiger partial charge in [-0.25, -0.2) is 0 Å². The molecule has 0 aromatic rings. The molecule has 1 radical (unpaired) electrons. The number of rotatable bonds is 0. The van der Waals surface area contributed by atoms with Crippen molar-refractivity contribution >= 4 is 0 Å². The van der Waals surface area contributed by atoms with Crippen LogP contribution in [0.3, 0.4) is 0 Å². The molecule has 7 heteroatoms. The third kappa shape index (κ3) is 72.2. The molecule has 0 aromatic carbocycles. The van der Waals surface area contributed by atoms with Crippen LogP contribution in [-0.4, -0.2) is 0 Å². The molecule has 0 aliphatic carbocycles. The first-order valence-corrected chi connectivity index (χ1v) is 3.37. The van der Waals surface area contributed by atoms with Crippen molar-refractivity contribution in [1.82, 2.24) is 0 Å². The fourth-order valence-electron chi connectivity index (χ4n) is 0. The van der Waals surface area contributed by atoms with Gasteiger partial charge in [-0.15, -0.1) is 0 Å². The molecule has 0 spiro atoms. The van der Waals surface area contributed by atoms with Gasteiger partial charge in [-0.3, -0.25) is 0 Å². The van der Waals surface area contributed by atoms with E-state index in [0.717, 1.165) is 0 Å². The van der Waals surface area contributed by atoms with Gasteiger partial charge in [0.25, 0.3) is 0 Å². The maximum absolute atomic E-state index is 8.62. The molecule has 0 aliphatic rings. The first-order valence-electron chi connectivity index (χ1n) is 0.816. The van der Waals surface area contributed by atoms with Crippen LogP contribution < -0.4 is 14.8 Å². The van der Waals surface area contributed by atoms with Crippen molar-refractivity contribution in [3.05, 3.63) is 0 Å². The van der Waals surface area contributed by atoms with Gasteiger partial charge in [0, 0.05) is 0 Å². The van der Waals surface area contributed by atoms with Gasteiger partial charge in [-0.1, -0.05) is 0 Å². The van der Waals surface area contributed by atoms with E-state index in [1.807, 2.05) is 0 Å². The van der Waals surface area contributed by atoms with Crippen molar-refractivity contribution in [2.75, 3.05) is 0 Å². The summed E-state index contributed by atoms with van der Waals surface area (Å²) in [7, 11) is 0. The van der Waals surface area contributed by atoms with E-state index in [0.29, 0.717) is 0 Å². The topological polar surface area (TPSA) is 92.2 Å². The van der Waals surface area contributed by atoms with Gasteiger partial charge in [-0.05, 0) is 0 Å². The Hall–Kier alpha value is 2.00. The molecule has 0 bridgehead atoms. The van der Waals surface area contributed by atoms with E-state index in [2.05, 4.69) is 0 Å². The summed E-state index contributed by atoms with van der Waals surface area (Å²) in [6.07, 6.45) is 0. The summed E-state index contributed by atoms with van der Waals surface area (Å²) in [4.78, 5) is 0. The minimum atomic E-state index is -6.00. The maximum atomic E-state index is 8.62. The van der Waals surface area contributed by atoms with E-state index in [1.165, 1.54) is 0 Å². The molecule has 0 fully saturated rings. The van der Waals surface area contributed by atoms with Gasteiger partial charge >= 0.3 is 77.3 Å². The SMILES string of the molecule is [Cd+2].[Cu+2].[O-][Ti]([O-])([O-])[O-]. The van der Waals surface area contributed by atoms with E-state index < -0.39 is 18.1 Å². The second-order valence-corrected chi connectivity index (χ2v) is 2.06. The van der Waals surface area contributed by atoms with E-state index in [-0.39, 0.29) is 44.4 Å². The fourth-order valence-corrected chi connectivity index (χ4v) is 0. The standard InChI is InChI=1S/Cd.Cu.4O.Ti/q2*+2;4*-1;. The van der Waals surface area contributed by atoms with Crippen LogP contribution >= 0.6 is 0 Å². The minimum absolute atomic E-state index is 0. The number of hydrogen-bond acceptors (Lipinski definition) is 4. The number of hydrogen-bond donors (Lipinski definition) is 0. The van der Waals surface area contributed by atoms with Crippen LogP contribution in [0.2, 0.25) is 0 Å². The van der Waals surface area contributed by atoms with Crippen molar-refractivity contribution in [2.45, 2.75) is 0 Å². The van der Waals surface area contributed by atoms with Crippen molar-refractivity contribution in [1.29, 1.82) is 0 Å². The van der Waals surface area contributed by atoms with Gasteiger partial charge in [-0.2, -0.15) is 0 Å². The Kier molecular flexibility index (Phi) is 14.0. The molecule has 0 saturated carbocycles. The van der Waals surface area contributed by atoms with Crippen LogP contribution in [0.15, 0.2) is 0 Å². The van der Waals surface area contributed by atoms with E-state index in [9.17, 15) is 0 Å². The second kappa shape index (κ2) is 6.12. The Morgan fingerprint density at radius 1 is 0.857 bits per heavy atom. The average Bonchev–Trinajstić information content (AvgIpc) is 0.722. The van der Waals surface area contributed by atoms with Crippen LogP contribution in [-0.2, 0) is 62.5 Å². The molecular weight excluding hydrogens is 288 g/mol. The van der Waals surface area contributed by atoms with Crippen molar-refractivity contribution in [3.8, 4) is 0 Å². The quantitative estimate of drug-likeness (QED) is 0.418. The molecule has 0 rings (SSSR count). The molecule has 4 nitrogen and oxygen atoms in total. The first kappa shape index (κ1) is 16.0. The van der Waals surface area contributed by atoms with E-state index in [1.54, 1.807) is 0 Å². The second-order valence-electron chi connectivity index (χ2n) is 0.500. The summed E-state index contributed by atoms with van der Waals surface area (Å²) >= 11 is -6.00. The zero-order valence-corrected chi connectivity index (χ0v) is 9.68. The zero-order chi connectivity index (χ0) is 4.50. The Labute approximate surface area is 76.4 Å². The van der Waals surface area contributed by atoms with Crippen LogP contribution in [0.25, 0.3) is 0 Å². The van der Waals surface area contributed by atoms with Crippen molar-refractivity contribution in [3.63, 3.8) is 0 Å². The predicted octanol–water partition coefficient (Wildman–Crippen LogP) is -4.76. The molecule has 0 amide bonds. The molecule has 41 valence electrons. The van der Waals surface area contributed by atoms with Crippen LogP contribution in [0.5, 0.6) is 0 Å². The Morgan fingerprint density at radius 2 is 0.857 bits per heavy atom. The monoisotopic (exact) mass is 289 g/mol. The molecular formula is CdCuO4Ti. The summed E-state index contributed by atoms with van der Waals surface area (Å²) in [5.41, 5.74) is 0. The first-order chi connectivity index (χ1) is 2.00. The van der Waals surface area contributed by atoms with Gasteiger partial charge < -0.3 is 0 Å². The molecule has 0 unspecified atom stereocenters. The van der Waals surface area contributed by atoms with Crippen LogP contribution in [0.1, 0.15) is 0 Å². The Morgan fingerprint density at radius 3 is 0.857 bits per heavy atom. The van der Waals surface area contributed by atoms with Gasteiger partial charge in [0.1, 0.15) is 0 Å². The van der Waals surface area contributed by atoms with Gasteiger partial charge in [0.05, 0.1) is 0 Å². The third-order valence-corrected chi connectivity index (χ3v) is 0. The summed E-state index contributed by atoms with van der Waals surface area (Å²) < 4.78 is 34.5. The van der Waals surface area contributed by atoms with Crippen molar-refractivity contribution < 1.29 is 77.3 Å². The Bertz CT molecular complexity index is 27.2. The summed E-state index contributed by atoms with van der Waals surface area (Å²) in [5.74, 6) is 0. The molecule has 0 N–H and O–H groups in total. The van der Waals surface area contributed by atoms with Crippen molar-refractivity contribution in [2.24, 2.45) is 0 Å².